The van der Waals surface area contributed by atoms with Crippen LogP contribution in [0, 0.1) is 0 Å². The zero-order chi connectivity index (χ0) is 15.5. The summed E-state index contributed by atoms with van der Waals surface area (Å²) in [4.78, 5) is 6.77. The van der Waals surface area contributed by atoms with Gasteiger partial charge in [-0.2, -0.15) is 0 Å². The Morgan fingerprint density at radius 2 is 1.95 bits per heavy atom. The Morgan fingerprint density at radius 1 is 1.24 bits per heavy atom. The third-order valence-electron chi connectivity index (χ3n) is 3.93. The fraction of sp³-hybridized carbons (Fsp3) is 0.471. The van der Waals surface area contributed by atoms with E-state index in [1.54, 1.807) is 0 Å². The number of para-hydroxylation sites is 1. The molecule has 2 aromatic rings. The van der Waals surface area contributed by atoms with Crippen molar-refractivity contribution in [2.45, 2.75) is 25.9 Å². The van der Waals surface area contributed by atoms with Crippen LogP contribution in [0.15, 0.2) is 30.3 Å². The van der Waals surface area contributed by atoms with Crippen molar-refractivity contribution >= 4 is 10.9 Å². The van der Waals surface area contributed by atoms with Crippen molar-refractivity contribution in [3.63, 3.8) is 0 Å². The number of nitrogens with one attached hydrogen (secondary N) is 1. The van der Waals surface area contributed by atoms with E-state index in [1.165, 1.54) is 10.9 Å². The molecule has 4 heteroatoms. The van der Waals surface area contributed by atoms with Crippen molar-refractivity contribution in [2.24, 2.45) is 0 Å². The topological polar surface area (TPSA) is 37.4 Å². The Balaban J connectivity index is 2.28. The van der Waals surface area contributed by atoms with Crippen LogP contribution in [-0.4, -0.2) is 43.2 Å². The molecule has 0 aliphatic carbocycles. The molecule has 4 nitrogen and oxygen atoms in total. The quantitative estimate of drug-likeness (QED) is 0.886. The number of rotatable bonds is 6. The molecule has 114 valence electrons. The van der Waals surface area contributed by atoms with Gasteiger partial charge < -0.3 is 15.0 Å². The molecule has 0 spiro atoms. The first-order valence-corrected chi connectivity index (χ1v) is 7.27. The molecule has 0 saturated carbocycles. The van der Waals surface area contributed by atoms with Crippen molar-refractivity contribution < 1.29 is 4.74 Å². The van der Waals surface area contributed by atoms with Crippen molar-refractivity contribution in [2.75, 3.05) is 27.7 Å². The molecule has 2 rings (SSSR count). The summed E-state index contributed by atoms with van der Waals surface area (Å²) in [5, 5.41) is 4.37. The van der Waals surface area contributed by atoms with Gasteiger partial charge in [-0.05, 0) is 46.6 Å². The van der Waals surface area contributed by atoms with E-state index in [0.29, 0.717) is 12.5 Å². The second-order valence-electron chi connectivity index (χ2n) is 6.16. The van der Waals surface area contributed by atoms with Gasteiger partial charge in [0.1, 0.15) is 6.61 Å². The lowest BCUT2D eigenvalue weighted by Gasteiger charge is -2.32. The summed E-state index contributed by atoms with van der Waals surface area (Å²) in [7, 11) is 6.07. The van der Waals surface area contributed by atoms with Crippen molar-refractivity contribution in [1.29, 1.82) is 0 Å². The summed E-state index contributed by atoms with van der Waals surface area (Å²) >= 11 is 0. The van der Waals surface area contributed by atoms with Crippen LogP contribution in [0.1, 0.15) is 19.4 Å². The van der Waals surface area contributed by atoms with Gasteiger partial charge in [-0.3, -0.25) is 0 Å². The second kappa shape index (κ2) is 6.41. The Labute approximate surface area is 127 Å². The maximum atomic E-state index is 5.95. The average Bonchev–Trinajstić information content (AvgIpc) is 2.45. The van der Waals surface area contributed by atoms with Gasteiger partial charge in [-0.15, -0.1) is 0 Å². The number of hydrogen-bond acceptors (Lipinski definition) is 4. The molecule has 0 radical (unpaired) electrons. The smallest absolute Gasteiger partial charge is 0.214 e. The molecule has 1 heterocycles. The van der Waals surface area contributed by atoms with Crippen LogP contribution in [0.4, 0.5) is 0 Å². The zero-order valence-corrected chi connectivity index (χ0v) is 13.6. The molecule has 0 saturated heterocycles. The molecular weight excluding hydrogens is 262 g/mol. The number of nitrogens with zero attached hydrogens (tertiary/aromatic N) is 2. The number of benzene rings is 1. The van der Waals surface area contributed by atoms with Crippen LogP contribution in [-0.2, 0) is 6.54 Å². The lowest BCUT2D eigenvalue weighted by molar-refractivity contribution is 0.111. The first-order valence-electron chi connectivity index (χ1n) is 7.27. The monoisotopic (exact) mass is 287 g/mol. The van der Waals surface area contributed by atoms with E-state index in [9.17, 15) is 0 Å². The van der Waals surface area contributed by atoms with Gasteiger partial charge in [0, 0.05) is 23.5 Å². The fourth-order valence-corrected chi connectivity index (χ4v) is 2.01. The number of pyridine rings is 1. The molecule has 0 amide bonds. The van der Waals surface area contributed by atoms with Crippen LogP contribution in [0.3, 0.4) is 0 Å². The van der Waals surface area contributed by atoms with E-state index in [0.717, 1.165) is 12.1 Å². The minimum absolute atomic E-state index is 0.0313. The minimum atomic E-state index is -0.0313. The molecule has 0 unspecified atom stereocenters. The van der Waals surface area contributed by atoms with E-state index in [4.69, 9.17) is 4.74 Å². The first kappa shape index (κ1) is 15.7. The highest BCUT2D eigenvalue weighted by Gasteiger charge is 2.21. The van der Waals surface area contributed by atoms with Crippen LogP contribution in [0.5, 0.6) is 5.88 Å². The Morgan fingerprint density at radius 3 is 2.62 bits per heavy atom. The van der Waals surface area contributed by atoms with Crippen LogP contribution < -0.4 is 10.1 Å². The Bertz CT molecular complexity index is 608. The van der Waals surface area contributed by atoms with Crippen LogP contribution in [0.25, 0.3) is 10.9 Å². The molecule has 0 atom stereocenters. The van der Waals surface area contributed by atoms with Gasteiger partial charge in [0.2, 0.25) is 5.88 Å². The number of ether oxygens (including phenoxy) is 1. The Kier molecular flexibility index (Phi) is 4.80. The molecule has 1 N–H and O–H groups in total. The third kappa shape index (κ3) is 3.71. The normalized spacial score (nSPS) is 12.1. The number of aromatic nitrogens is 1. The Hall–Kier alpha value is -1.65. The van der Waals surface area contributed by atoms with Gasteiger partial charge in [0.05, 0.1) is 5.52 Å². The number of fused-ring (bicyclic) bond motifs is 1. The van der Waals surface area contributed by atoms with Gasteiger partial charge in [-0.25, -0.2) is 4.98 Å². The highest BCUT2D eigenvalue weighted by Crippen LogP contribution is 2.23. The maximum absolute atomic E-state index is 5.95. The van der Waals surface area contributed by atoms with E-state index in [-0.39, 0.29) is 5.54 Å². The highest BCUT2D eigenvalue weighted by atomic mass is 16.5. The van der Waals surface area contributed by atoms with Gasteiger partial charge in [0.15, 0.2) is 0 Å². The van der Waals surface area contributed by atoms with Crippen molar-refractivity contribution in [1.82, 2.24) is 15.2 Å². The molecule has 21 heavy (non-hydrogen) atoms. The highest BCUT2D eigenvalue weighted by molar-refractivity contribution is 5.82. The van der Waals surface area contributed by atoms with Crippen LogP contribution in [0.2, 0.25) is 0 Å². The minimum Gasteiger partial charge on any atom is -0.476 e. The molecule has 0 aliphatic heterocycles. The summed E-state index contributed by atoms with van der Waals surface area (Å²) in [5.74, 6) is 0.689. The zero-order valence-electron chi connectivity index (χ0n) is 13.6. The van der Waals surface area contributed by atoms with Gasteiger partial charge in [0.25, 0.3) is 0 Å². The van der Waals surface area contributed by atoms with E-state index < -0.39 is 0 Å². The average molecular weight is 287 g/mol. The summed E-state index contributed by atoms with van der Waals surface area (Å²) < 4.78 is 5.95. The lowest BCUT2D eigenvalue weighted by atomic mass is 10.1. The summed E-state index contributed by atoms with van der Waals surface area (Å²) in [6.07, 6.45) is 0. The van der Waals surface area contributed by atoms with Gasteiger partial charge >= 0.3 is 0 Å². The SMILES string of the molecule is CNCc1cc(OCC(C)(C)N(C)C)nc2ccccc12. The molecule has 0 bridgehead atoms. The second-order valence-corrected chi connectivity index (χ2v) is 6.16. The first-order chi connectivity index (χ1) is 9.94. The summed E-state index contributed by atoms with van der Waals surface area (Å²) in [5.41, 5.74) is 2.15. The predicted octanol–water partition coefficient (Wildman–Crippen LogP) is 2.67. The van der Waals surface area contributed by atoms with Crippen molar-refractivity contribution in [3.05, 3.63) is 35.9 Å². The molecule has 0 aliphatic rings. The lowest BCUT2D eigenvalue weighted by Crippen LogP contribution is -2.43. The summed E-state index contributed by atoms with van der Waals surface area (Å²) in [6, 6.07) is 10.2. The van der Waals surface area contributed by atoms with E-state index in [2.05, 4.69) is 49.2 Å². The standard InChI is InChI=1S/C17H25N3O/c1-17(2,20(4)5)12-21-16-10-13(11-18-3)14-8-6-7-9-15(14)19-16/h6-10,18H,11-12H2,1-5H3. The summed E-state index contributed by atoms with van der Waals surface area (Å²) in [6.45, 7) is 5.71. The van der Waals surface area contributed by atoms with Gasteiger partial charge in [-0.1, -0.05) is 18.2 Å². The maximum Gasteiger partial charge on any atom is 0.214 e. The van der Waals surface area contributed by atoms with Crippen molar-refractivity contribution in [3.8, 4) is 5.88 Å². The number of likely N-dealkylation sites (N-methyl/N-ethyl adjacent to an activating group) is 1. The molecule has 1 aromatic heterocycles. The number of hydrogen-bond donors (Lipinski definition) is 1. The largest absolute Gasteiger partial charge is 0.476 e. The van der Waals surface area contributed by atoms with Crippen LogP contribution >= 0.6 is 0 Å². The molecule has 1 aromatic carbocycles. The fourth-order valence-electron chi connectivity index (χ4n) is 2.01. The predicted molar refractivity (Wildman–Crippen MR) is 87.8 cm³/mol. The van der Waals surface area contributed by atoms with E-state index >= 15 is 0 Å². The molecular formula is C17H25N3O. The molecule has 0 fully saturated rings. The third-order valence-corrected chi connectivity index (χ3v) is 3.93. The van der Waals surface area contributed by atoms with E-state index in [1.807, 2.05) is 31.3 Å².